The lowest BCUT2D eigenvalue weighted by molar-refractivity contribution is -0.132. The Kier molecular flexibility index (Phi) is 6.73. The largest absolute Gasteiger partial charge is 0.352 e. The molecular weight excluding hydrogens is 360 g/mol. The molecule has 3 rings (SSSR count). The standard InChI is InChI=1S/C25H32N2O2/c1-25(2,3)22-11-9-21(10-12-22)24(29)26-16-13-23(28)27-17-14-20(15-18-27)19-7-5-4-6-8-19/h4-12,20H,13-18H2,1-3H3,(H,26,29). The van der Waals surface area contributed by atoms with Crippen molar-refractivity contribution in [1.29, 1.82) is 0 Å². The van der Waals surface area contributed by atoms with Crippen molar-refractivity contribution in [3.05, 3.63) is 71.3 Å². The van der Waals surface area contributed by atoms with Crippen LogP contribution >= 0.6 is 0 Å². The molecule has 29 heavy (non-hydrogen) atoms. The summed E-state index contributed by atoms with van der Waals surface area (Å²) in [4.78, 5) is 26.8. The summed E-state index contributed by atoms with van der Waals surface area (Å²) >= 11 is 0. The fourth-order valence-electron chi connectivity index (χ4n) is 3.85. The molecule has 0 saturated carbocycles. The molecule has 2 aromatic rings. The van der Waals surface area contributed by atoms with Crippen molar-refractivity contribution >= 4 is 11.8 Å². The Morgan fingerprint density at radius 2 is 1.59 bits per heavy atom. The van der Waals surface area contributed by atoms with Crippen molar-refractivity contribution in [3.63, 3.8) is 0 Å². The third-order valence-electron chi connectivity index (χ3n) is 5.76. The minimum atomic E-state index is -0.124. The molecule has 0 atom stereocenters. The molecule has 4 heteroatoms. The third-order valence-corrected chi connectivity index (χ3v) is 5.76. The van der Waals surface area contributed by atoms with Crippen LogP contribution in [-0.4, -0.2) is 36.3 Å². The Labute approximate surface area is 174 Å². The number of benzene rings is 2. The zero-order chi connectivity index (χ0) is 20.9. The van der Waals surface area contributed by atoms with Crippen LogP contribution < -0.4 is 5.32 Å². The fraction of sp³-hybridized carbons (Fsp3) is 0.440. The summed E-state index contributed by atoms with van der Waals surface area (Å²) < 4.78 is 0. The molecule has 2 aromatic carbocycles. The predicted molar refractivity (Wildman–Crippen MR) is 117 cm³/mol. The van der Waals surface area contributed by atoms with E-state index in [-0.39, 0.29) is 17.2 Å². The first kappa shape index (κ1) is 21.1. The highest BCUT2D eigenvalue weighted by Gasteiger charge is 2.23. The van der Waals surface area contributed by atoms with Crippen LogP contribution in [-0.2, 0) is 10.2 Å². The van der Waals surface area contributed by atoms with Crippen LogP contribution in [0, 0.1) is 0 Å². The number of carbonyl (C=O) groups excluding carboxylic acids is 2. The van der Waals surface area contributed by atoms with Crippen molar-refractivity contribution < 1.29 is 9.59 Å². The molecule has 1 fully saturated rings. The molecular formula is C25H32N2O2. The first-order valence-corrected chi connectivity index (χ1v) is 10.6. The number of hydrogen-bond donors (Lipinski definition) is 1. The van der Waals surface area contributed by atoms with Gasteiger partial charge in [-0.2, -0.15) is 0 Å². The highest BCUT2D eigenvalue weighted by Crippen LogP contribution is 2.28. The molecule has 0 bridgehead atoms. The van der Waals surface area contributed by atoms with Gasteiger partial charge in [0.05, 0.1) is 0 Å². The van der Waals surface area contributed by atoms with Crippen molar-refractivity contribution in [2.75, 3.05) is 19.6 Å². The molecule has 0 radical (unpaired) electrons. The second-order valence-electron chi connectivity index (χ2n) is 8.90. The number of piperidine rings is 1. The first-order chi connectivity index (χ1) is 13.8. The topological polar surface area (TPSA) is 49.4 Å². The highest BCUT2D eigenvalue weighted by atomic mass is 16.2. The van der Waals surface area contributed by atoms with Gasteiger partial charge in [-0.15, -0.1) is 0 Å². The summed E-state index contributed by atoms with van der Waals surface area (Å²) in [6.07, 6.45) is 2.35. The molecule has 154 valence electrons. The zero-order valence-corrected chi connectivity index (χ0v) is 17.8. The number of hydrogen-bond acceptors (Lipinski definition) is 2. The van der Waals surface area contributed by atoms with Crippen LogP contribution in [0.2, 0.25) is 0 Å². The van der Waals surface area contributed by atoms with Gasteiger partial charge in [-0.25, -0.2) is 0 Å². The normalized spacial score (nSPS) is 15.2. The van der Waals surface area contributed by atoms with E-state index in [2.05, 4.69) is 50.4 Å². The SMILES string of the molecule is CC(C)(C)c1ccc(C(=O)NCCC(=O)N2CCC(c3ccccc3)CC2)cc1. The van der Waals surface area contributed by atoms with Crippen molar-refractivity contribution in [2.24, 2.45) is 0 Å². The number of nitrogens with zero attached hydrogens (tertiary/aromatic N) is 1. The lowest BCUT2D eigenvalue weighted by atomic mass is 9.87. The molecule has 1 aliphatic rings. The summed E-state index contributed by atoms with van der Waals surface area (Å²) in [7, 11) is 0. The van der Waals surface area contributed by atoms with Crippen molar-refractivity contribution in [2.45, 2.75) is 51.4 Å². The van der Waals surface area contributed by atoms with Gasteiger partial charge in [0.1, 0.15) is 0 Å². The highest BCUT2D eigenvalue weighted by molar-refractivity contribution is 5.94. The summed E-state index contributed by atoms with van der Waals surface area (Å²) in [5, 5.41) is 2.88. The molecule has 0 spiro atoms. The molecule has 0 aromatic heterocycles. The van der Waals surface area contributed by atoms with E-state index in [1.54, 1.807) is 0 Å². The monoisotopic (exact) mass is 392 g/mol. The van der Waals surface area contributed by atoms with E-state index in [1.165, 1.54) is 11.1 Å². The Hall–Kier alpha value is -2.62. The maximum atomic E-state index is 12.5. The minimum absolute atomic E-state index is 0.0649. The average molecular weight is 393 g/mol. The van der Waals surface area contributed by atoms with Gasteiger partial charge in [0.15, 0.2) is 0 Å². The minimum Gasteiger partial charge on any atom is -0.352 e. The second kappa shape index (κ2) is 9.25. The Morgan fingerprint density at radius 3 is 2.17 bits per heavy atom. The zero-order valence-electron chi connectivity index (χ0n) is 17.8. The van der Waals surface area contributed by atoms with Gasteiger partial charge in [-0.3, -0.25) is 9.59 Å². The van der Waals surface area contributed by atoms with Gasteiger partial charge in [-0.1, -0.05) is 63.2 Å². The number of likely N-dealkylation sites (tertiary alicyclic amines) is 1. The Morgan fingerprint density at radius 1 is 0.966 bits per heavy atom. The smallest absolute Gasteiger partial charge is 0.251 e. The molecule has 0 aliphatic carbocycles. The van der Waals surface area contributed by atoms with Gasteiger partial charge in [-0.05, 0) is 47.4 Å². The van der Waals surface area contributed by atoms with Crippen LogP contribution in [0.1, 0.15) is 67.4 Å². The van der Waals surface area contributed by atoms with Gasteiger partial charge < -0.3 is 10.2 Å². The summed E-state index contributed by atoms with van der Waals surface area (Å²) in [5.74, 6) is 0.539. The number of amides is 2. The molecule has 2 amide bonds. The van der Waals surface area contributed by atoms with E-state index >= 15 is 0 Å². The van der Waals surface area contributed by atoms with Gasteiger partial charge in [0, 0.05) is 31.6 Å². The summed E-state index contributed by atoms with van der Waals surface area (Å²) in [6.45, 7) is 8.40. The number of carbonyl (C=O) groups is 2. The molecule has 1 aliphatic heterocycles. The van der Waals surface area contributed by atoms with E-state index in [9.17, 15) is 9.59 Å². The van der Waals surface area contributed by atoms with Crippen LogP contribution in [0.15, 0.2) is 54.6 Å². The lowest BCUT2D eigenvalue weighted by Gasteiger charge is -2.32. The van der Waals surface area contributed by atoms with Crippen molar-refractivity contribution in [1.82, 2.24) is 10.2 Å². The number of rotatable bonds is 5. The quantitative estimate of drug-likeness (QED) is 0.814. The van der Waals surface area contributed by atoms with Crippen molar-refractivity contribution in [3.8, 4) is 0 Å². The average Bonchev–Trinajstić information content (AvgIpc) is 2.74. The predicted octanol–water partition coefficient (Wildman–Crippen LogP) is 4.51. The van der Waals surface area contributed by atoms with E-state index in [0.29, 0.717) is 24.4 Å². The maximum absolute atomic E-state index is 12.5. The third kappa shape index (κ3) is 5.69. The van der Waals surface area contributed by atoms with E-state index in [4.69, 9.17) is 0 Å². The van der Waals surface area contributed by atoms with Crippen LogP contribution in [0.4, 0.5) is 0 Å². The second-order valence-corrected chi connectivity index (χ2v) is 8.90. The van der Waals surface area contributed by atoms with Gasteiger partial charge in [0.2, 0.25) is 5.91 Å². The molecule has 4 nitrogen and oxygen atoms in total. The lowest BCUT2D eigenvalue weighted by Crippen LogP contribution is -2.39. The maximum Gasteiger partial charge on any atom is 0.251 e. The van der Waals surface area contributed by atoms with Crippen LogP contribution in [0.25, 0.3) is 0 Å². The first-order valence-electron chi connectivity index (χ1n) is 10.6. The van der Waals surface area contributed by atoms with Gasteiger partial charge in [0.25, 0.3) is 5.91 Å². The Balaban J connectivity index is 1.41. The van der Waals surface area contributed by atoms with Gasteiger partial charge >= 0.3 is 0 Å². The summed E-state index contributed by atoms with van der Waals surface area (Å²) in [5.41, 5.74) is 3.26. The van der Waals surface area contributed by atoms with Crippen LogP contribution in [0.5, 0.6) is 0 Å². The van der Waals surface area contributed by atoms with E-state index < -0.39 is 0 Å². The van der Waals surface area contributed by atoms with E-state index in [1.807, 2.05) is 35.2 Å². The Bertz CT molecular complexity index is 814. The number of nitrogens with one attached hydrogen (secondary N) is 1. The summed E-state index contributed by atoms with van der Waals surface area (Å²) in [6, 6.07) is 18.2. The molecule has 1 N–H and O–H groups in total. The van der Waals surface area contributed by atoms with E-state index in [0.717, 1.165) is 25.9 Å². The molecule has 1 saturated heterocycles. The molecule has 1 heterocycles. The van der Waals surface area contributed by atoms with Crippen LogP contribution in [0.3, 0.4) is 0 Å². The fourth-order valence-corrected chi connectivity index (χ4v) is 3.85. The molecule has 0 unspecified atom stereocenters.